The number of carboxylic acids is 1. The Balaban J connectivity index is 2.85. The minimum atomic E-state index is -1.29. The molecule has 0 radical (unpaired) electrons. The fourth-order valence-corrected chi connectivity index (χ4v) is 1.70. The minimum absolute atomic E-state index is 0.0743. The number of nitro groups is 1. The maximum absolute atomic E-state index is 10.9. The van der Waals surface area contributed by atoms with Gasteiger partial charge in [-0.3, -0.25) is 14.9 Å². The number of nitro benzene ring substituents is 1. The molecule has 0 heterocycles. The Kier molecular flexibility index (Phi) is 5.44. The summed E-state index contributed by atoms with van der Waals surface area (Å²) >= 11 is 3.09. The predicted molar refractivity (Wildman–Crippen MR) is 71.5 cm³/mol. The van der Waals surface area contributed by atoms with Gasteiger partial charge in [-0.15, -0.1) is 0 Å². The van der Waals surface area contributed by atoms with Crippen molar-refractivity contribution in [1.82, 2.24) is 5.32 Å². The van der Waals surface area contributed by atoms with Crippen LogP contribution in [0.25, 0.3) is 0 Å². The van der Waals surface area contributed by atoms with Crippen LogP contribution in [0.3, 0.4) is 0 Å². The average Bonchev–Trinajstić information content (AvgIpc) is 2.34. The van der Waals surface area contributed by atoms with E-state index in [0.717, 1.165) is 6.92 Å². The first-order chi connectivity index (χ1) is 9.31. The smallest absolute Gasteiger partial charge is 0.329 e. The Labute approximate surface area is 122 Å². The van der Waals surface area contributed by atoms with Crippen LogP contribution in [0.4, 0.5) is 5.69 Å². The number of hydrogen-bond donors (Lipinski definition) is 2. The molecule has 0 aliphatic heterocycles. The molecular formula is C11H11BrN2O6. The summed E-state index contributed by atoms with van der Waals surface area (Å²) in [5.41, 5.74) is -0.300. The third-order valence-electron chi connectivity index (χ3n) is 2.20. The molecule has 1 amide bonds. The number of ether oxygens (including phenoxy) is 1. The van der Waals surface area contributed by atoms with Crippen LogP contribution >= 0.6 is 15.9 Å². The summed E-state index contributed by atoms with van der Waals surface area (Å²) in [6.45, 7) is 0.745. The minimum Gasteiger partial charge on any atom is -0.484 e. The molecule has 0 aliphatic rings. The van der Waals surface area contributed by atoms with Crippen LogP contribution in [-0.2, 0) is 9.59 Å². The number of aliphatic carboxylic acids is 1. The lowest BCUT2D eigenvalue weighted by Gasteiger charge is -2.14. The zero-order valence-electron chi connectivity index (χ0n) is 10.3. The molecule has 0 aromatic heterocycles. The van der Waals surface area contributed by atoms with Crippen molar-refractivity contribution >= 4 is 33.5 Å². The molecule has 0 bridgehead atoms. The van der Waals surface area contributed by atoms with Gasteiger partial charge in [-0.2, -0.15) is 0 Å². The maximum Gasteiger partial charge on any atom is 0.329 e. The van der Waals surface area contributed by atoms with Crippen LogP contribution in [0.1, 0.15) is 6.92 Å². The molecule has 8 nitrogen and oxygen atoms in total. The van der Waals surface area contributed by atoms with E-state index in [2.05, 4.69) is 21.2 Å². The maximum atomic E-state index is 10.9. The zero-order valence-corrected chi connectivity index (χ0v) is 11.9. The molecule has 0 saturated carbocycles. The second-order valence-corrected chi connectivity index (χ2v) is 4.69. The number of halogens is 1. The number of amides is 1. The Morgan fingerprint density at radius 3 is 2.70 bits per heavy atom. The number of nitrogens with zero attached hydrogens (tertiary/aromatic N) is 1. The Morgan fingerprint density at radius 2 is 2.20 bits per heavy atom. The quantitative estimate of drug-likeness (QED) is 0.592. The van der Waals surface area contributed by atoms with Gasteiger partial charge in [0.25, 0.3) is 0 Å². The number of rotatable bonds is 6. The highest BCUT2D eigenvalue weighted by molar-refractivity contribution is 9.10. The molecule has 20 heavy (non-hydrogen) atoms. The summed E-state index contributed by atoms with van der Waals surface area (Å²) in [6.07, 6.45) is 0. The molecule has 0 aliphatic carbocycles. The van der Waals surface area contributed by atoms with Gasteiger partial charge in [-0.05, 0) is 12.1 Å². The zero-order chi connectivity index (χ0) is 15.3. The molecule has 108 valence electrons. The van der Waals surface area contributed by atoms with Gasteiger partial charge in [0.2, 0.25) is 5.91 Å². The first-order valence-electron chi connectivity index (χ1n) is 5.38. The van der Waals surface area contributed by atoms with E-state index in [9.17, 15) is 19.7 Å². The van der Waals surface area contributed by atoms with E-state index in [0.29, 0.717) is 4.47 Å². The van der Waals surface area contributed by atoms with Crippen molar-refractivity contribution in [2.75, 3.05) is 6.61 Å². The SMILES string of the molecule is CC(=O)NC(COc1ccc(Br)cc1[N+](=O)[O-])C(=O)O. The first-order valence-corrected chi connectivity index (χ1v) is 6.17. The van der Waals surface area contributed by atoms with Crippen molar-refractivity contribution in [3.05, 3.63) is 32.8 Å². The van der Waals surface area contributed by atoms with Crippen LogP contribution in [0, 0.1) is 10.1 Å². The summed E-state index contributed by atoms with van der Waals surface area (Å²) in [5, 5.41) is 21.9. The number of benzene rings is 1. The highest BCUT2D eigenvalue weighted by atomic mass is 79.9. The normalized spacial score (nSPS) is 11.5. The van der Waals surface area contributed by atoms with E-state index >= 15 is 0 Å². The summed E-state index contributed by atoms with van der Waals surface area (Å²) < 4.78 is 5.61. The van der Waals surface area contributed by atoms with Gasteiger partial charge in [0, 0.05) is 17.5 Å². The van der Waals surface area contributed by atoms with E-state index in [1.165, 1.54) is 18.2 Å². The van der Waals surface area contributed by atoms with Crippen molar-refractivity contribution in [2.24, 2.45) is 0 Å². The molecule has 0 fully saturated rings. The van der Waals surface area contributed by atoms with Crippen LogP contribution in [0.2, 0.25) is 0 Å². The van der Waals surface area contributed by atoms with Crippen molar-refractivity contribution in [1.29, 1.82) is 0 Å². The standard InChI is InChI=1S/C11H11BrN2O6/c1-6(15)13-8(11(16)17)5-20-10-3-2-7(12)4-9(10)14(18)19/h2-4,8H,5H2,1H3,(H,13,15)(H,16,17). The lowest BCUT2D eigenvalue weighted by atomic mass is 10.3. The molecule has 1 unspecified atom stereocenters. The van der Waals surface area contributed by atoms with Gasteiger partial charge in [-0.25, -0.2) is 4.79 Å². The number of carbonyl (C=O) groups is 2. The van der Waals surface area contributed by atoms with Crippen molar-refractivity contribution in [3.8, 4) is 5.75 Å². The first kappa shape index (κ1) is 15.9. The molecule has 0 saturated heterocycles. The molecule has 1 atom stereocenters. The lowest BCUT2D eigenvalue weighted by molar-refractivity contribution is -0.386. The Bertz CT molecular complexity index is 548. The highest BCUT2D eigenvalue weighted by Crippen LogP contribution is 2.30. The molecular weight excluding hydrogens is 336 g/mol. The van der Waals surface area contributed by atoms with Gasteiger partial charge < -0.3 is 15.2 Å². The van der Waals surface area contributed by atoms with Gasteiger partial charge in [0.05, 0.1) is 4.92 Å². The van der Waals surface area contributed by atoms with E-state index in [-0.39, 0.29) is 11.4 Å². The Morgan fingerprint density at radius 1 is 1.55 bits per heavy atom. The molecule has 1 rings (SSSR count). The predicted octanol–water partition coefficient (Wildman–Crippen LogP) is 1.33. The fourth-order valence-electron chi connectivity index (χ4n) is 1.35. The highest BCUT2D eigenvalue weighted by Gasteiger charge is 2.22. The summed E-state index contributed by atoms with van der Waals surface area (Å²) in [5.74, 6) is -1.90. The van der Waals surface area contributed by atoms with E-state index in [4.69, 9.17) is 9.84 Å². The average molecular weight is 347 g/mol. The van der Waals surface area contributed by atoms with Gasteiger partial charge in [0.15, 0.2) is 11.8 Å². The van der Waals surface area contributed by atoms with E-state index < -0.39 is 29.4 Å². The lowest BCUT2D eigenvalue weighted by Crippen LogP contribution is -2.43. The van der Waals surface area contributed by atoms with Gasteiger partial charge >= 0.3 is 11.7 Å². The van der Waals surface area contributed by atoms with E-state index in [1.54, 1.807) is 0 Å². The molecule has 0 spiro atoms. The molecule has 1 aromatic rings. The topological polar surface area (TPSA) is 119 Å². The number of carbonyl (C=O) groups excluding carboxylic acids is 1. The molecule has 1 aromatic carbocycles. The van der Waals surface area contributed by atoms with Gasteiger partial charge in [0.1, 0.15) is 6.61 Å². The van der Waals surface area contributed by atoms with Crippen LogP contribution in [0.5, 0.6) is 5.75 Å². The second kappa shape index (κ2) is 6.85. The molecule has 2 N–H and O–H groups in total. The Hall–Kier alpha value is -2.16. The summed E-state index contributed by atoms with van der Waals surface area (Å²) in [4.78, 5) is 31.9. The third-order valence-corrected chi connectivity index (χ3v) is 2.69. The largest absolute Gasteiger partial charge is 0.484 e. The van der Waals surface area contributed by atoms with Crippen molar-refractivity contribution < 1.29 is 24.4 Å². The van der Waals surface area contributed by atoms with Crippen molar-refractivity contribution in [2.45, 2.75) is 13.0 Å². The van der Waals surface area contributed by atoms with Crippen LogP contribution < -0.4 is 10.1 Å². The number of nitrogens with one attached hydrogen (secondary N) is 1. The van der Waals surface area contributed by atoms with Crippen LogP contribution in [0.15, 0.2) is 22.7 Å². The molecule has 9 heteroatoms. The second-order valence-electron chi connectivity index (χ2n) is 3.77. The fraction of sp³-hybridized carbons (Fsp3) is 0.273. The number of carboxylic acid groups (broad SMARTS) is 1. The van der Waals surface area contributed by atoms with Gasteiger partial charge in [-0.1, -0.05) is 15.9 Å². The number of hydrogen-bond acceptors (Lipinski definition) is 5. The van der Waals surface area contributed by atoms with E-state index in [1.807, 2.05) is 0 Å². The van der Waals surface area contributed by atoms with Crippen molar-refractivity contribution in [3.63, 3.8) is 0 Å². The van der Waals surface area contributed by atoms with Crippen LogP contribution in [-0.4, -0.2) is 34.6 Å². The third kappa shape index (κ3) is 4.50. The summed E-state index contributed by atoms with van der Waals surface area (Å²) in [6, 6.07) is 2.82. The summed E-state index contributed by atoms with van der Waals surface area (Å²) in [7, 11) is 0. The monoisotopic (exact) mass is 346 g/mol.